The number of nitrogens with one attached hydrogen (secondary N) is 1. The second kappa shape index (κ2) is 8.33. The predicted molar refractivity (Wildman–Crippen MR) is 76.5 cm³/mol. The summed E-state index contributed by atoms with van der Waals surface area (Å²) in [7, 11) is 2.19. The minimum absolute atomic E-state index is 0.626. The summed E-state index contributed by atoms with van der Waals surface area (Å²) in [5.74, 6) is 1.08. The van der Waals surface area contributed by atoms with Gasteiger partial charge in [-0.1, -0.05) is 20.3 Å². The quantitative estimate of drug-likeness (QED) is 0.683. The molecule has 0 bridgehead atoms. The van der Waals surface area contributed by atoms with Crippen LogP contribution in [-0.2, 0) is 13.1 Å². The molecule has 0 aliphatic rings. The predicted octanol–water partition coefficient (Wildman–Crippen LogP) is 3.40. The van der Waals surface area contributed by atoms with Crippen molar-refractivity contribution in [2.75, 3.05) is 13.6 Å². The van der Waals surface area contributed by atoms with E-state index in [2.05, 4.69) is 44.1 Å². The molecule has 0 aliphatic carbocycles. The van der Waals surface area contributed by atoms with E-state index in [0.29, 0.717) is 6.04 Å². The molecule has 0 aromatic carbocycles. The summed E-state index contributed by atoms with van der Waals surface area (Å²) in [6.45, 7) is 9.56. The molecule has 1 N–H and O–H groups in total. The van der Waals surface area contributed by atoms with Crippen LogP contribution in [0.4, 0.5) is 0 Å². The highest BCUT2D eigenvalue weighted by Gasteiger charge is 2.12. The van der Waals surface area contributed by atoms with Crippen molar-refractivity contribution in [3.8, 4) is 0 Å². The monoisotopic (exact) mass is 252 g/mol. The van der Waals surface area contributed by atoms with Crippen LogP contribution in [-0.4, -0.2) is 24.5 Å². The highest BCUT2D eigenvalue weighted by molar-refractivity contribution is 5.16. The Morgan fingerprint density at radius 1 is 1.33 bits per heavy atom. The van der Waals surface area contributed by atoms with Crippen LogP contribution in [0, 0.1) is 0 Å². The Hall–Kier alpha value is -0.800. The first-order chi connectivity index (χ1) is 8.69. The molecule has 1 heterocycles. The Bertz CT molecular complexity index is 322. The molecule has 0 amide bonds. The van der Waals surface area contributed by atoms with Crippen LogP contribution in [0.1, 0.15) is 51.4 Å². The Labute approximate surface area is 112 Å². The largest absolute Gasteiger partial charge is 0.468 e. The van der Waals surface area contributed by atoms with E-state index in [1.54, 1.807) is 6.26 Å². The normalized spacial score (nSPS) is 13.2. The molecule has 0 fully saturated rings. The van der Waals surface area contributed by atoms with Crippen molar-refractivity contribution >= 4 is 0 Å². The van der Waals surface area contributed by atoms with Gasteiger partial charge in [-0.25, -0.2) is 0 Å². The van der Waals surface area contributed by atoms with Crippen LogP contribution >= 0.6 is 0 Å². The molecule has 0 spiro atoms. The zero-order chi connectivity index (χ0) is 13.4. The molecule has 0 radical (unpaired) electrons. The van der Waals surface area contributed by atoms with Crippen LogP contribution in [0.3, 0.4) is 0 Å². The van der Waals surface area contributed by atoms with Crippen molar-refractivity contribution in [1.82, 2.24) is 10.2 Å². The van der Waals surface area contributed by atoms with Gasteiger partial charge in [-0.05, 0) is 39.4 Å². The summed E-state index contributed by atoms with van der Waals surface area (Å²) in [5, 5.41) is 3.39. The van der Waals surface area contributed by atoms with Gasteiger partial charge in [0.15, 0.2) is 0 Å². The second-order valence-corrected chi connectivity index (χ2v) is 5.10. The Morgan fingerprint density at radius 2 is 2.11 bits per heavy atom. The highest BCUT2D eigenvalue weighted by atomic mass is 16.3. The number of rotatable bonds is 9. The van der Waals surface area contributed by atoms with Gasteiger partial charge in [-0.2, -0.15) is 0 Å². The van der Waals surface area contributed by atoms with Crippen LogP contribution < -0.4 is 5.32 Å². The maximum absolute atomic E-state index is 5.56. The third-order valence-corrected chi connectivity index (χ3v) is 3.43. The highest BCUT2D eigenvalue weighted by Crippen LogP contribution is 2.15. The molecule has 1 unspecified atom stereocenters. The summed E-state index contributed by atoms with van der Waals surface area (Å²) < 4.78 is 5.56. The van der Waals surface area contributed by atoms with E-state index in [9.17, 15) is 0 Å². The van der Waals surface area contributed by atoms with Crippen LogP contribution in [0.5, 0.6) is 0 Å². The van der Waals surface area contributed by atoms with Gasteiger partial charge in [0.25, 0.3) is 0 Å². The molecule has 0 saturated heterocycles. The van der Waals surface area contributed by atoms with Gasteiger partial charge in [-0.15, -0.1) is 0 Å². The number of hydrogen-bond acceptors (Lipinski definition) is 3. The fourth-order valence-electron chi connectivity index (χ4n) is 2.10. The van der Waals surface area contributed by atoms with Crippen LogP contribution in [0.15, 0.2) is 16.7 Å². The smallest absolute Gasteiger partial charge is 0.122 e. The fraction of sp³-hybridized carbons (Fsp3) is 0.733. The molecule has 104 valence electrons. The minimum Gasteiger partial charge on any atom is -0.468 e. The lowest BCUT2D eigenvalue weighted by atomic mass is 10.1. The molecular formula is C15H28N2O. The minimum atomic E-state index is 0.626. The van der Waals surface area contributed by atoms with E-state index in [1.807, 2.05) is 0 Å². The van der Waals surface area contributed by atoms with Crippen molar-refractivity contribution < 1.29 is 4.42 Å². The molecule has 1 aromatic rings. The average Bonchev–Trinajstić information content (AvgIpc) is 2.77. The van der Waals surface area contributed by atoms with E-state index in [0.717, 1.165) is 31.8 Å². The fourth-order valence-corrected chi connectivity index (χ4v) is 2.10. The molecule has 0 aliphatic heterocycles. The lowest BCUT2D eigenvalue weighted by Crippen LogP contribution is -2.28. The van der Waals surface area contributed by atoms with E-state index in [-0.39, 0.29) is 0 Å². The van der Waals surface area contributed by atoms with Crippen LogP contribution in [0.2, 0.25) is 0 Å². The van der Waals surface area contributed by atoms with E-state index in [4.69, 9.17) is 4.42 Å². The SMILES string of the molecule is CCCNCc1occc1CN(C)C(C)CCC. The molecule has 1 aromatic heterocycles. The Balaban J connectivity index is 2.48. The van der Waals surface area contributed by atoms with E-state index in [1.165, 1.54) is 18.4 Å². The maximum Gasteiger partial charge on any atom is 0.122 e. The summed E-state index contributed by atoms with van der Waals surface area (Å²) in [5.41, 5.74) is 1.31. The van der Waals surface area contributed by atoms with Gasteiger partial charge in [0.05, 0.1) is 12.8 Å². The molecular weight excluding hydrogens is 224 g/mol. The first-order valence-electron chi connectivity index (χ1n) is 7.15. The summed E-state index contributed by atoms with van der Waals surface area (Å²) >= 11 is 0. The number of nitrogens with zero attached hydrogens (tertiary/aromatic N) is 1. The van der Waals surface area contributed by atoms with E-state index < -0.39 is 0 Å². The summed E-state index contributed by atoms with van der Waals surface area (Å²) in [4.78, 5) is 2.40. The van der Waals surface area contributed by atoms with Crippen molar-refractivity contribution in [1.29, 1.82) is 0 Å². The first-order valence-corrected chi connectivity index (χ1v) is 7.15. The second-order valence-electron chi connectivity index (χ2n) is 5.10. The van der Waals surface area contributed by atoms with Crippen molar-refractivity contribution in [2.45, 2.75) is 59.2 Å². The van der Waals surface area contributed by atoms with E-state index >= 15 is 0 Å². The number of furan rings is 1. The van der Waals surface area contributed by atoms with Gasteiger partial charge in [0.1, 0.15) is 5.76 Å². The van der Waals surface area contributed by atoms with Gasteiger partial charge in [0, 0.05) is 18.2 Å². The van der Waals surface area contributed by atoms with Crippen molar-refractivity contribution in [3.05, 3.63) is 23.7 Å². The topological polar surface area (TPSA) is 28.4 Å². The molecule has 3 heteroatoms. The summed E-state index contributed by atoms with van der Waals surface area (Å²) in [6, 6.07) is 2.72. The molecule has 18 heavy (non-hydrogen) atoms. The molecule has 1 rings (SSSR count). The van der Waals surface area contributed by atoms with Crippen LogP contribution in [0.25, 0.3) is 0 Å². The average molecular weight is 252 g/mol. The zero-order valence-electron chi connectivity index (χ0n) is 12.3. The Kier molecular flexibility index (Phi) is 7.06. The molecule has 1 atom stereocenters. The number of hydrogen-bond donors (Lipinski definition) is 1. The molecule has 0 saturated carbocycles. The standard InChI is InChI=1S/C15H28N2O/c1-5-7-13(3)17(4)12-14-8-10-18-15(14)11-16-9-6-2/h8,10,13,16H,5-7,9,11-12H2,1-4H3. The van der Waals surface area contributed by atoms with Crippen molar-refractivity contribution in [2.24, 2.45) is 0 Å². The maximum atomic E-state index is 5.56. The third kappa shape index (κ3) is 4.83. The third-order valence-electron chi connectivity index (χ3n) is 3.43. The summed E-state index contributed by atoms with van der Waals surface area (Å²) in [6.07, 6.45) is 5.44. The van der Waals surface area contributed by atoms with Gasteiger partial charge in [0.2, 0.25) is 0 Å². The van der Waals surface area contributed by atoms with Gasteiger partial charge in [-0.3, -0.25) is 4.90 Å². The van der Waals surface area contributed by atoms with Crippen molar-refractivity contribution in [3.63, 3.8) is 0 Å². The van der Waals surface area contributed by atoms with Gasteiger partial charge < -0.3 is 9.73 Å². The first kappa shape index (κ1) is 15.3. The Morgan fingerprint density at radius 3 is 2.78 bits per heavy atom. The zero-order valence-corrected chi connectivity index (χ0v) is 12.3. The molecule has 3 nitrogen and oxygen atoms in total. The lowest BCUT2D eigenvalue weighted by molar-refractivity contribution is 0.235. The lowest BCUT2D eigenvalue weighted by Gasteiger charge is -2.24. The van der Waals surface area contributed by atoms with Gasteiger partial charge >= 0.3 is 0 Å².